The molecule has 6 aromatic heterocycles. The van der Waals surface area contributed by atoms with Gasteiger partial charge in [0.05, 0.1) is 52.6 Å². The molecule has 14 rings (SSSR count). The highest BCUT2D eigenvalue weighted by Crippen LogP contribution is 2.42. The number of fused-ring (bicyclic) bond motifs is 4. The van der Waals surface area contributed by atoms with Crippen molar-refractivity contribution in [3.8, 4) is 68.0 Å². The SMILES string of the molecule is COc1ccc(Cn2nc(-c3ccc(C4CCNC4)nc3)c3nc(-c4cccc5c4CCC5)c(OC)cc32)cc1.COc1ccc(Cn2nc(-c3ccc(C4CCNC4)nc3)c3nc(-c4cccc5c4CCC5)c(OC)cc32)cc1. The monoisotopic (exact) mass is 1060 g/mol. The number of rotatable bonds is 14. The summed E-state index contributed by atoms with van der Waals surface area (Å²) < 4.78 is 26.7. The summed E-state index contributed by atoms with van der Waals surface area (Å²) >= 11 is 0. The molecule has 2 fully saturated rings. The van der Waals surface area contributed by atoms with Crippen molar-refractivity contribution in [2.24, 2.45) is 0 Å². The molecule has 404 valence electrons. The van der Waals surface area contributed by atoms with E-state index in [-0.39, 0.29) is 0 Å². The standard InChI is InChI=1S/2C33H33N5O2/c2*1-39-25-12-9-21(10-13-25)20-38-29-17-30(40-2)32(27-8-4-6-22-5-3-7-26(22)27)36-33(29)31(37-38)24-11-14-28(35-19-24)23-15-16-34-18-23/h2*4,6,8-14,17,19,23,34H,3,5,7,15-16,18,20H2,1-2H3. The van der Waals surface area contributed by atoms with Crippen molar-refractivity contribution in [2.45, 2.75) is 76.3 Å². The average molecular weight is 1060 g/mol. The summed E-state index contributed by atoms with van der Waals surface area (Å²) in [7, 11) is 6.81. The van der Waals surface area contributed by atoms with Crippen LogP contribution in [0.3, 0.4) is 0 Å². The lowest BCUT2D eigenvalue weighted by atomic mass is 9.99. The van der Waals surface area contributed by atoms with Gasteiger partial charge >= 0.3 is 0 Å². The Hall–Kier alpha value is -8.46. The van der Waals surface area contributed by atoms with Gasteiger partial charge < -0.3 is 29.6 Å². The molecule has 0 radical (unpaired) electrons. The van der Waals surface area contributed by atoms with Gasteiger partial charge in [0.1, 0.15) is 56.8 Å². The molecule has 80 heavy (non-hydrogen) atoms. The lowest BCUT2D eigenvalue weighted by molar-refractivity contribution is 0.414. The van der Waals surface area contributed by atoms with Gasteiger partial charge in [0.2, 0.25) is 0 Å². The molecular weight excluding hydrogens is 997 g/mol. The predicted molar refractivity (Wildman–Crippen MR) is 314 cm³/mol. The van der Waals surface area contributed by atoms with Crippen molar-refractivity contribution in [1.82, 2.24) is 50.1 Å². The normalized spacial score (nSPS) is 16.4. The van der Waals surface area contributed by atoms with Crippen LogP contribution in [-0.2, 0) is 38.8 Å². The van der Waals surface area contributed by atoms with Crippen molar-refractivity contribution in [2.75, 3.05) is 54.6 Å². The average Bonchev–Trinajstić information content (AvgIpc) is 4.46. The Labute approximate surface area is 466 Å². The minimum Gasteiger partial charge on any atom is -0.497 e. The molecule has 0 spiro atoms. The highest BCUT2D eigenvalue weighted by atomic mass is 16.5. The van der Waals surface area contributed by atoms with E-state index in [1.54, 1.807) is 28.4 Å². The molecule has 2 N–H and O–H groups in total. The van der Waals surface area contributed by atoms with Crippen molar-refractivity contribution >= 4 is 22.1 Å². The number of hydrogen-bond acceptors (Lipinski definition) is 12. The van der Waals surface area contributed by atoms with Crippen LogP contribution in [0.5, 0.6) is 23.0 Å². The Morgan fingerprint density at radius 2 is 0.938 bits per heavy atom. The molecular formula is C66H66N10O4. The van der Waals surface area contributed by atoms with Crippen LogP contribution in [0.2, 0.25) is 0 Å². The Bertz CT molecular complexity index is 3590. The Balaban J connectivity index is 0.000000151. The van der Waals surface area contributed by atoms with Crippen molar-refractivity contribution < 1.29 is 18.9 Å². The number of nitrogens with zero attached hydrogens (tertiary/aromatic N) is 8. The Morgan fingerprint density at radius 3 is 1.31 bits per heavy atom. The summed E-state index contributed by atoms with van der Waals surface area (Å²) in [6, 6.07) is 42.1. The molecule has 0 bridgehead atoms. The van der Waals surface area contributed by atoms with Gasteiger partial charge in [0.25, 0.3) is 0 Å². The molecule has 4 aromatic carbocycles. The molecule has 0 amide bonds. The summed E-state index contributed by atoms with van der Waals surface area (Å²) in [6.07, 6.45) is 12.9. The fourth-order valence-electron chi connectivity index (χ4n) is 12.4. The summed E-state index contributed by atoms with van der Waals surface area (Å²) in [5.74, 6) is 4.12. The van der Waals surface area contributed by atoms with E-state index in [1.165, 1.54) is 35.1 Å². The second-order valence-corrected chi connectivity index (χ2v) is 21.4. The fourth-order valence-corrected chi connectivity index (χ4v) is 12.4. The smallest absolute Gasteiger partial charge is 0.147 e. The van der Waals surface area contributed by atoms with E-state index in [0.29, 0.717) is 24.9 Å². The van der Waals surface area contributed by atoms with Gasteiger partial charge in [-0.05, 0) is 146 Å². The summed E-state index contributed by atoms with van der Waals surface area (Å²) in [5.41, 5.74) is 21.4. The maximum absolute atomic E-state index is 5.95. The van der Waals surface area contributed by atoms with Crippen molar-refractivity contribution in [3.05, 3.63) is 178 Å². The summed E-state index contributed by atoms with van der Waals surface area (Å²) in [5, 5.41) is 17.1. The first kappa shape index (κ1) is 51.0. The zero-order valence-electron chi connectivity index (χ0n) is 46.0. The van der Waals surface area contributed by atoms with Crippen LogP contribution in [0.15, 0.2) is 134 Å². The summed E-state index contributed by atoms with van der Waals surface area (Å²) in [4.78, 5) is 20.3. The van der Waals surface area contributed by atoms with E-state index in [0.717, 1.165) is 177 Å². The molecule has 2 saturated heterocycles. The van der Waals surface area contributed by atoms with Gasteiger partial charge in [-0.25, -0.2) is 9.97 Å². The topological polar surface area (TPSA) is 148 Å². The highest BCUT2D eigenvalue weighted by Gasteiger charge is 2.27. The first-order valence-corrected chi connectivity index (χ1v) is 28.2. The van der Waals surface area contributed by atoms with Gasteiger partial charge in [0.15, 0.2) is 0 Å². The number of methoxy groups -OCH3 is 4. The van der Waals surface area contributed by atoms with Gasteiger partial charge in [0, 0.05) is 83.1 Å². The van der Waals surface area contributed by atoms with Gasteiger partial charge in [-0.2, -0.15) is 10.2 Å². The molecule has 2 aliphatic heterocycles. The molecule has 14 heteroatoms. The van der Waals surface area contributed by atoms with E-state index in [4.69, 9.17) is 49.1 Å². The zero-order valence-corrected chi connectivity index (χ0v) is 46.0. The number of pyridine rings is 4. The Morgan fingerprint density at radius 1 is 0.487 bits per heavy atom. The van der Waals surface area contributed by atoms with Crippen LogP contribution >= 0.6 is 0 Å². The van der Waals surface area contributed by atoms with Crippen LogP contribution in [0.4, 0.5) is 0 Å². The number of aromatic nitrogens is 8. The third-order valence-corrected chi connectivity index (χ3v) is 16.7. The fraction of sp³-hybridized carbons (Fsp3) is 0.303. The number of hydrogen-bond donors (Lipinski definition) is 2. The number of aryl methyl sites for hydroxylation is 2. The second kappa shape index (κ2) is 22.4. The molecule has 14 nitrogen and oxygen atoms in total. The van der Waals surface area contributed by atoms with E-state index in [9.17, 15) is 0 Å². The molecule has 2 atom stereocenters. The van der Waals surface area contributed by atoms with Crippen LogP contribution in [0, 0.1) is 0 Å². The minimum absolute atomic E-state index is 0.465. The quantitative estimate of drug-likeness (QED) is 0.107. The Kier molecular flexibility index (Phi) is 14.3. The molecule has 2 aliphatic carbocycles. The number of benzene rings is 4. The maximum atomic E-state index is 5.95. The van der Waals surface area contributed by atoms with E-state index in [1.807, 2.05) is 46.0 Å². The van der Waals surface area contributed by atoms with Gasteiger partial charge in [-0.3, -0.25) is 19.3 Å². The molecule has 8 heterocycles. The van der Waals surface area contributed by atoms with E-state index >= 15 is 0 Å². The lowest BCUT2D eigenvalue weighted by Gasteiger charge is -2.13. The van der Waals surface area contributed by atoms with Crippen LogP contribution in [-0.4, -0.2) is 94.1 Å². The predicted octanol–water partition coefficient (Wildman–Crippen LogP) is 11.6. The van der Waals surface area contributed by atoms with Gasteiger partial charge in [-0.1, -0.05) is 60.7 Å². The highest BCUT2D eigenvalue weighted by molar-refractivity contribution is 5.95. The largest absolute Gasteiger partial charge is 0.497 e. The van der Waals surface area contributed by atoms with E-state index in [2.05, 4.69) is 108 Å². The van der Waals surface area contributed by atoms with Crippen molar-refractivity contribution in [1.29, 1.82) is 0 Å². The lowest BCUT2D eigenvalue weighted by Crippen LogP contribution is -2.08. The first-order valence-electron chi connectivity index (χ1n) is 28.2. The van der Waals surface area contributed by atoms with Crippen LogP contribution < -0.4 is 29.6 Å². The minimum atomic E-state index is 0.465. The number of ether oxygens (including phenoxy) is 4. The third-order valence-electron chi connectivity index (χ3n) is 16.7. The molecule has 0 saturated carbocycles. The van der Waals surface area contributed by atoms with Crippen LogP contribution in [0.25, 0.3) is 67.1 Å². The second-order valence-electron chi connectivity index (χ2n) is 21.4. The van der Waals surface area contributed by atoms with Crippen molar-refractivity contribution in [3.63, 3.8) is 0 Å². The molecule has 4 aliphatic rings. The first-order chi connectivity index (χ1) is 39.4. The maximum Gasteiger partial charge on any atom is 0.147 e. The summed E-state index contributed by atoms with van der Waals surface area (Å²) in [6.45, 7) is 5.27. The van der Waals surface area contributed by atoms with Crippen LogP contribution in [0.1, 0.15) is 82.3 Å². The zero-order chi connectivity index (χ0) is 54.1. The van der Waals surface area contributed by atoms with E-state index < -0.39 is 0 Å². The number of nitrogens with one attached hydrogen (secondary N) is 2. The molecule has 2 unspecified atom stereocenters. The third kappa shape index (κ3) is 9.91. The van der Waals surface area contributed by atoms with Gasteiger partial charge in [-0.15, -0.1) is 0 Å². The molecule has 10 aromatic rings.